The number of carbonyl (C=O) groups is 1. The van der Waals surface area contributed by atoms with Crippen molar-refractivity contribution in [3.8, 4) is 11.5 Å². The summed E-state index contributed by atoms with van der Waals surface area (Å²) in [6, 6.07) is 14.0. The van der Waals surface area contributed by atoms with Gasteiger partial charge in [-0.15, -0.1) is 0 Å². The minimum absolute atomic E-state index is 0.143. The van der Waals surface area contributed by atoms with Gasteiger partial charge in [0.25, 0.3) is 5.91 Å². The van der Waals surface area contributed by atoms with E-state index >= 15 is 0 Å². The molecular formula is C20H26N2O5S. The highest BCUT2D eigenvalue weighted by Crippen LogP contribution is 2.20. The van der Waals surface area contributed by atoms with Crippen molar-refractivity contribution in [2.75, 3.05) is 30.8 Å². The molecule has 2 rings (SSSR count). The number of anilines is 1. The van der Waals surface area contributed by atoms with E-state index in [2.05, 4.69) is 5.32 Å². The lowest BCUT2D eigenvalue weighted by atomic mass is 10.2. The molecule has 0 aliphatic heterocycles. The fourth-order valence-electron chi connectivity index (χ4n) is 2.38. The van der Waals surface area contributed by atoms with Gasteiger partial charge in [0.2, 0.25) is 10.0 Å². The van der Waals surface area contributed by atoms with E-state index in [9.17, 15) is 13.2 Å². The quantitative estimate of drug-likeness (QED) is 0.691. The van der Waals surface area contributed by atoms with Gasteiger partial charge in [-0.05, 0) is 49.7 Å². The second-order valence-corrected chi connectivity index (χ2v) is 8.57. The summed E-state index contributed by atoms with van der Waals surface area (Å²) in [5.41, 5.74) is 1.55. The van der Waals surface area contributed by atoms with E-state index in [1.165, 1.54) is 11.4 Å². The van der Waals surface area contributed by atoms with Crippen LogP contribution in [0.25, 0.3) is 0 Å². The maximum Gasteiger partial charge on any atom is 0.258 e. The zero-order chi connectivity index (χ0) is 20.7. The molecular weight excluding hydrogens is 380 g/mol. The number of benzene rings is 2. The Morgan fingerprint density at radius 2 is 1.75 bits per heavy atom. The van der Waals surface area contributed by atoms with Gasteiger partial charge in [0.15, 0.2) is 6.61 Å². The molecule has 0 radical (unpaired) electrons. The first-order valence-corrected chi connectivity index (χ1v) is 10.7. The van der Waals surface area contributed by atoms with Gasteiger partial charge in [0.1, 0.15) is 18.1 Å². The molecule has 0 saturated carbocycles. The van der Waals surface area contributed by atoms with Crippen molar-refractivity contribution in [2.45, 2.75) is 19.9 Å². The molecule has 2 aromatic rings. The maximum atomic E-state index is 12.0. The number of amides is 1. The second-order valence-electron chi connectivity index (χ2n) is 6.56. The highest BCUT2D eigenvalue weighted by Gasteiger charge is 2.12. The van der Waals surface area contributed by atoms with Crippen LogP contribution in [0.5, 0.6) is 11.5 Å². The van der Waals surface area contributed by atoms with E-state index in [1.54, 1.807) is 24.3 Å². The summed E-state index contributed by atoms with van der Waals surface area (Å²) in [5, 5.41) is 2.81. The fraction of sp³-hybridized carbons (Fsp3) is 0.350. The van der Waals surface area contributed by atoms with E-state index in [0.29, 0.717) is 18.0 Å². The van der Waals surface area contributed by atoms with Gasteiger partial charge in [-0.25, -0.2) is 8.42 Å². The maximum absolute atomic E-state index is 12.0. The van der Waals surface area contributed by atoms with Crippen LogP contribution in [0.1, 0.15) is 12.5 Å². The number of nitrogens with one attached hydrogen (secondary N) is 1. The van der Waals surface area contributed by atoms with Crippen molar-refractivity contribution >= 4 is 21.6 Å². The molecule has 2 aromatic carbocycles. The van der Waals surface area contributed by atoms with Crippen LogP contribution in [0, 0.1) is 6.92 Å². The molecule has 0 aromatic heterocycles. The van der Waals surface area contributed by atoms with Crippen molar-refractivity contribution in [1.82, 2.24) is 5.32 Å². The molecule has 0 spiro atoms. The normalized spacial score (nSPS) is 12.1. The van der Waals surface area contributed by atoms with Crippen LogP contribution in [-0.4, -0.2) is 46.9 Å². The number of sulfonamides is 1. The van der Waals surface area contributed by atoms with Gasteiger partial charge in [-0.3, -0.25) is 9.10 Å². The number of aryl methyl sites for hydroxylation is 1. The van der Waals surface area contributed by atoms with E-state index < -0.39 is 10.0 Å². The zero-order valence-electron chi connectivity index (χ0n) is 16.5. The third-order valence-electron chi connectivity index (χ3n) is 4.06. The van der Waals surface area contributed by atoms with E-state index in [-0.39, 0.29) is 18.6 Å². The van der Waals surface area contributed by atoms with Crippen molar-refractivity contribution in [3.63, 3.8) is 0 Å². The third kappa shape index (κ3) is 6.45. The second kappa shape index (κ2) is 9.45. The number of para-hydroxylation sites is 1. The number of nitrogens with zero attached hydrogens (tertiary/aromatic N) is 1. The molecule has 8 heteroatoms. The first-order chi connectivity index (χ1) is 13.2. The first-order valence-electron chi connectivity index (χ1n) is 8.81. The molecule has 0 bridgehead atoms. The Morgan fingerprint density at radius 3 is 2.36 bits per heavy atom. The summed E-state index contributed by atoms with van der Waals surface area (Å²) in [4.78, 5) is 12.0. The highest BCUT2D eigenvalue weighted by atomic mass is 32.2. The molecule has 1 atom stereocenters. The predicted molar refractivity (Wildman–Crippen MR) is 109 cm³/mol. The van der Waals surface area contributed by atoms with Crippen LogP contribution < -0.4 is 19.1 Å². The van der Waals surface area contributed by atoms with Crippen molar-refractivity contribution < 1.29 is 22.7 Å². The molecule has 0 aliphatic carbocycles. The van der Waals surface area contributed by atoms with Gasteiger partial charge >= 0.3 is 0 Å². The monoisotopic (exact) mass is 406 g/mol. The molecule has 152 valence electrons. The third-order valence-corrected chi connectivity index (χ3v) is 5.26. The topological polar surface area (TPSA) is 84.9 Å². The van der Waals surface area contributed by atoms with Crippen LogP contribution in [0.3, 0.4) is 0 Å². The number of hydrogen-bond acceptors (Lipinski definition) is 5. The van der Waals surface area contributed by atoms with Crippen LogP contribution in [0.4, 0.5) is 5.69 Å². The average Bonchev–Trinajstić information content (AvgIpc) is 2.65. The number of ether oxygens (including phenoxy) is 2. The molecule has 0 saturated heterocycles. The van der Waals surface area contributed by atoms with Crippen LogP contribution in [0.2, 0.25) is 0 Å². The molecule has 0 fully saturated rings. The summed E-state index contributed by atoms with van der Waals surface area (Å²) in [7, 11) is -1.85. The van der Waals surface area contributed by atoms with Crippen LogP contribution in [-0.2, 0) is 14.8 Å². The minimum Gasteiger partial charge on any atom is -0.491 e. The highest BCUT2D eigenvalue weighted by molar-refractivity contribution is 7.92. The molecule has 0 aliphatic rings. The molecule has 28 heavy (non-hydrogen) atoms. The summed E-state index contributed by atoms with van der Waals surface area (Å²) >= 11 is 0. The van der Waals surface area contributed by atoms with Gasteiger partial charge < -0.3 is 14.8 Å². The van der Waals surface area contributed by atoms with Crippen molar-refractivity contribution in [3.05, 3.63) is 54.1 Å². The van der Waals surface area contributed by atoms with Crippen LogP contribution >= 0.6 is 0 Å². The molecule has 0 heterocycles. The smallest absolute Gasteiger partial charge is 0.258 e. The van der Waals surface area contributed by atoms with E-state index in [0.717, 1.165) is 17.6 Å². The van der Waals surface area contributed by atoms with Gasteiger partial charge in [0.05, 0.1) is 18.0 Å². The Kier molecular flexibility index (Phi) is 7.28. The Hall–Kier alpha value is -2.74. The van der Waals surface area contributed by atoms with Gasteiger partial charge in [-0.2, -0.15) is 0 Å². The lowest BCUT2D eigenvalue weighted by molar-refractivity contribution is -0.123. The van der Waals surface area contributed by atoms with E-state index in [1.807, 2.05) is 38.1 Å². The van der Waals surface area contributed by atoms with Crippen molar-refractivity contribution in [1.29, 1.82) is 0 Å². The SMILES string of the molecule is Cc1ccccc1OCC(C)NC(=O)COc1ccc(N(C)S(C)(=O)=O)cc1. The fourth-order valence-corrected chi connectivity index (χ4v) is 2.89. The summed E-state index contributed by atoms with van der Waals surface area (Å²) in [5.74, 6) is 1.00. The predicted octanol–water partition coefficient (Wildman–Crippen LogP) is 2.35. The Bertz CT molecular complexity index is 897. The summed E-state index contributed by atoms with van der Waals surface area (Å²) in [6.07, 6.45) is 1.13. The Labute approximate surface area is 166 Å². The Morgan fingerprint density at radius 1 is 1.11 bits per heavy atom. The van der Waals surface area contributed by atoms with Gasteiger partial charge in [0, 0.05) is 7.05 Å². The number of hydrogen-bond donors (Lipinski definition) is 1. The minimum atomic E-state index is -3.32. The molecule has 1 unspecified atom stereocenters. The van der Waals surface area contributed by atoms with Crippen molar-refractivity contribution in [2.24, 2.45) is 0 Å². The lowest BCUT2D eigenvalue weighted by Crippen LogP contribution is -2.39. The standard InChI is InChI=1S/C20H26N2O5S/c1-15-7-5-6-8-19(15)27-13-16(2)21-20(23)14-26-18-11-9-17(10-12-18)22(3)28(4,24)25/h5-12,16H,13-14H2,1-4H3,(H,21,23). The largest absolute Gasteiger partial charge is 0.491 e. The molecule has 1 amide bonds. The van der Waals surface area contributed by atoms with E-state index in [4.69, 9.17) is 9.47 Å². The molecule has 7 nitrogen and oxygen atoms in total. The summed E-state index contributed by atoms with van der Waals surface area (Å²) in [6.45, 7) is 4.02. The number of carbonyl (C=O) groups excluding carboxylic acids is 1. The zero-order valence-corrected chi connectivity index (χ0v) is 17.3. The summed E-state index contributed by atoms with van der Waals surface area (Å²) < 4.78 is 35.4. The van der Waals surface area contributed by atoms with Gasteiger partial charge in [-0.1, -0.05) is 18.2 Å². The first kappa shape index (κ1) is 21.6. The Balaban J connectivity index is 1.78. The van der Waals surface area contributed by atoms with Crippen LogP contribution in [0.15, 0.2) is 48.5 Å². The average molecular weight is 407 g/mol. The lowest BCUT2D eigenvalue weighted by Gasteiger charge is -2.17. The number of rotatable bonds is 9. The molecule has 1 N–H and O–H groups in total.